The molecular weight excluding hydrogens is 348 g/mol. The van der Waals surface area contributed by atoms with E-state index >= 15 is 0 Å². The normalized spacial score (nSPS) is 10.4. The Morgan fingerprint density at radius 2 is 1.54 bits per heavy atom. The summed E-state index contributed by atoms with van der Waals surface area (Å²) in [5.74, 6) is -0.367. The molecule has 0 unspecified atom stereocenters. The molecule has 1 N–H and O–H groups in total. The van der Waals surface area contributed by atoms with Gasteiger partial charge in [-0.15, -0.1) is 0 Å². The van der Waals surface area contributed by atoms with Gasteiger partial charge in [-0.1, -0.05) is 48.5 Å². The van der Waals surface area contributed by atoms with Gasteiger partial charge in [0.25, 0.3) is 11.8 Å². The molecule has 0 aliphatic rings. The van der Waals surface area contributed by atoms with Crippen LogP contribution in [0.3, 0.4) is 0 Å². The molecule has 0 aliphatic carbocycles. The minimum absolute atomic E-state index is 0.139. The van der Waals surface area contributed by atoms with Crippen LogP contribution in [0.25, 0.3) is 0 Å². The van der Waals surface area contributed by atoms with Crippen molar-refractivity contribution in [3.8, 4) is 0 Å². The average Bonchev–Trinajstić information content (AvgIpc) is 2.70. The standard InChI is InChI=1S/C24H24N2O2/c1-17-13-14-20(15-18(17)2)23(27)25-22-12-8-7-11-21(22)24(28)26(3)16-19-9-5-4-6-10-19/h4-15H,16H2,1-3H3,(H,25,27). The minimum atomic E-state index is -0.228. The summed E-state index contributed by atoms with van der Waals surface area (Å²) in [7, 11) is 1.76. The molecule has 4 nitrogen and oxygen atoms in total. The van der Waals surface area contributed by atoms with Gasteiger partial charge in [0.15, 0.2) is 0 Å². The van der Waals surface area contributed by atoms with Gasteiger partial charge in [-0.05, 0) is 54.8 Å². The summed E-state index contributed by atoms with van der Waals surface area (Å²) in [6, 6.07) is 22.5. The summed E-state index contributed by atoms with van der Waals surface area (Å²) in [6.07, 6.45) is 0. The first-order valence-corrected chi connectivity index (χ1v) is 9.22. The molecule has 28 heavy (non-hydrogen) atoms. The smallest absolute Gasteiger partial charge is 0.256 e. The Kier molecular flexibility index (Phi) is 5.90. The quantitative estimate of drug-likeness (QED) is 0.697. The fraction of sp³-hybridized carbons (Fsp3) is 0.167. The van der Waals surface area contributed by atoms with Gasteiger partial charge in [-0.2, -0.15) is 0 Å². The number of para-hydroxylation sites is 1. The van der Waals surface area contributed by atoms with E-state index in [1.54, 1.807) is 36.2 Å². The predicted octanol–water partition coefficient (Wildman–Crippen LogP) is 4.83. The predicted molar refractivity (Wildman–Crippen MR) is 113 cm³/mol. The van der Waals surface area contributed by atoms with Gasteiger partial charge in [-0.25, -0.2) is 0 Å². The van der Waals surface area contributed by atoms with E-state index in [0.717, 1.165) is 16.7 Å². The highest BCUT2D eigenvalue weighted by Gasteiger charge is 2.18. The van der Waals surface area contributed by atoms with Crippen molar-refractivity contribution in [2.45, 2.75) is 20.4 Å². The summed E-state index contributed by atoms with van der Waals surface area (Å²) in [5, 5.41) is 2.89. The average molecular weight is 372 g/mol. The number of rotatable bonds is 5. The van der Waals surface area contributed by atoms with E-state index in [2.05, 4.69) is 5.32 Å². The van der Waals surface area contributed by atoms with E-state index in [1.807, 2.05) is 62.4 Å². The number of nitrogens with zero attached hydrogens (tertiary/aromatic N) is 1. The summed E-state index contributed by atoms with van der Waals surface area (Å²) < 4.78 is 0. The third-order valence-corrected chi connectivity index (χ3v) is 4.78. The lowest BCUT2D eigenvalue weighted by Gasteiger charge is -2.19. The topological polar surface area (TPSA) is 49.4 Å². The van der Waals surface area contributed by atoms with Crippen molar-refractivity contribution in [1.82, 2.24) is 4.90 Å². The number of nitrogens with one attached hydrogen (secondary N) is 1. The van der Waals surface area contributed by atoms with Crippen molar-refractivity contribution in [3.63, 3.8) is 0 Å². The molecule has 0 radical (unpaired) electrons. The molecule has 3 aromatic carbocycles. The molecule has 0 fully saturated rings. The Bertz CT molecular complexity index is 996. The zero-order valence-electron chi connectivity index (χ0n) is 16.4. The van der Waals surface area contributed by atoms with Crippen LogP contribution in [0, 0.1) is 13.8 Å². The van der Waals surface area contributed by atoms with E-state index in [1.165, 1.54) is 0 Å². The van der Waals surface area contributed by atoms with Crippen molar-refractivity contribution >= 4 is 17.5 Å². The van der Waals surface area contributed by atoms with Gasteiger partial charge in [0, 0.05) is 19.2 Å². The molecule has 0 aliphatic heterocycles. The zero-order valence-corrected chi connectivity index (χ0v) is 16.4. The van der Waals surface area contributed by atoms with Crippen LogP contribution in [-0.2, 0) is 6.54 Å². The highest BCUT2D eigenvalue weighted by Crippen LogP contribution is 2.20. The van der Waals surface area contributed by atoms with E-state index in [0.29, 0.717) is 23.4 Å². The largest absolute Gasteiger partial charge is 0.337 e. The van der Waals surface area contributed by atoms with E-state index in [9.17, 15) is 9.59 Å². The third kappa shape index (κ3) is 4.46. The second kappa shape index (κ2) is 8.53. The van der Waals surface area contributed by atoms with Crippen LogP contribution in [0.5, 0.6) is 0 Å². The first-order valence-electron chi connectivity index (χ1n) is 9.22. The fourth-order valence-corrected chi connectivity index (χ4v) is 2.99. The van der Waals surface area contributed by atoms with Crippen LogP contribution in [0.2, 0.25) is 0 Å². The Hall–Kier alpha value is -3.40. The molecule has 0 atom stereocenters. The highest BCUT2D eigenvalue weighted by atomic mass is 16.2. The van der Waals surface area contributed by atoms with Gasteiger partial charge >= 0.3 is 0 Å². The van der Waals surface area contributed by atoms with E-state index < -0.39 is 0 Å². The van der Waals surface area contributed by atoms with Crippen LogP contribution in [0.4, 0.5) is 5.69 Å². The number of carbonyl (C=O) groups excluding carboxylic acids is 2. The molecule has 0 spiro atoms. The van der Waals surface area contributed by atoms with Gasteiger partial charge in [-0.3, -0.25) is 9.59 Å². The number of aryl methyl sites for hydroxylation is 2. The van der Waals surface area contributed by atoms with Gasteiger partial charge < -0.3 is 10.2 Å². The Morgan fingerprint density at radius 1 is 0.857 bits per heavy atom. The third-order valence-electron chi connectivity index (χ3n) is 4.78. The summed E-state index contributed by atoms with van der Waals surface area (Å²) in [4.78, 5) is 27.3. The number of benzene rings is 3. The van der Waals surface area contributed by atoms with Gasteiger partial charge in [0.05, 0.1) is 11.3 Å². The lowest BCUT2D eigenvalue weighted by Crippen LogP contribution is -2.27. The van der Waals surface area contributed by atoms with Crippen molar-refractivity contribution in [1.29, 1.82) is 0 Å². The molecule has 0 bridgehead atoms. The lowest BCUT2D eigenvalue weighted by molar-refractivity contribution is 0.0786. The molecule has 0 saturated carbocycles. The minimum Gasteiger partial charge on any atom is -0.337 e. The van der Waals surface area contributed by atoms with Crippen LogP contribution >= 0.6 is 0 Å². The molecule has 3 aromatic rings. The van der Waals surface area contributed by atoms with Crippen molar-refractivity contribution < 1.29 is 9.59 Å². The fourth-order valence-electron chi connectivity index (χ4n) is 2.99. The van der Waals surface area contributed by atoms with Crippen molar-refractivity contribution in [2.24, 2.45) is 0 Å². The summed E-state index contributed by atoms with van der Waals surface area (Å²) in [5.41, 5.74) is 4.79. The maximum absolute atomic E-state index is 13.0. The van der Waals surface area contributed by atoms with E-state index in [-0.39, 0.29) is 11.8 Å². The number of amides is 2. The molecule has 0 heterocycles. The number of carbonyl (C=O) groups is 2. The highest BCUT2D eigenvalue weighted by molar-refractivity contribution is 6.09. The summed E-state index contributed by atoms with van der Waals surface area (Å²) in [6.45, 7) is 4.48. The molecule has 4 heteroatoms. The van der Waals surface area contributed by atoms with Crippen LogP contribution < -0.4 is 5.32 Å². The number of anilines is 1. The maximum Gasteiger partial charge on any atom is 0.256 e. The summed E-state index contributed by atoms with van der Waals surface area (Å²) >= 11 is 0. The second-order valence-electron chi connectivity index (χ2n) is 6.95. The Labute approximate surface area is 165 Å². The molecule has 2 amide bonds. The molecular formula is C24H24N2O2. The second-order valence-corrected chi connectivity index (χ2v) is 6.95. The molecule has 0 saturated heterocycles. The van der Waals surface area contributed by atoms with Crippen molar-refractivity contribution in [2.75, 3.05) is 12.4 Å². The van der Waals surface area contributed by atoms with Crippen molar-refractivity contribution in [3.05, 3.63) is 101 Å². The monoisotopic (exact) mass is 372 g/mol. The zero-order chi connectivity index (χ0) is 20.1. The van der Waals surface area contributed by atoms with Gasteiger partial charge in [0.2, 0.25) is 0 Å². The van der Waals surface area contributed by atoms with Crippen LogP contribution in [-0.4, -0.2) is 23.8 Å². The first-order chi connectivity index (χ1) is 13.5. The van der Waals surface area contributed by atoms with Crippen LogP contribution in [0.1, 0.15) is 37.4 Å². The number of hydrogen-bond donors (Lipinski definition) is 1. The molecule has 3 rings (SSSR count). The van der Waals surface area contributed by atoms with E-state index in [4.69, 9.17) is 0 Å². The molecule has 0 aromatic heterocycles. The SMILES string of the molecule is Cc1ccc(C(=O)Nc2ccccc2C(=O)N(C)Cc2ccccc2)cc1C. The first kappa shape index (κ1) is 19.4. The molecule has 142 valence electrons. The Balaban J connectivity index is 1.79. The van der Waals surface area contributed by atoms with Crippen LogP contribution in [0.15, 0.2) is 72.8 Å². The number of hydrogen-bond acceptors (Lipinski definition) is 2. The maximum atomic E-state index is 13.0. The Morgan fingerprint density at radius 3 is 2.25 bits per heavy atom. The van der Waals surface area contributed by atoms with Gasteiger partial charge in [0.1, 0.15) is 0 Å². The lowest BCUT2D eigenvalue weighted by atomic mass is 10.1.